The third-order valence-corrected chi connectivity index (χ3v) is 3.00. The van der Waals surface area contributed by atoms with Crippen LogP contribution in [0.4, 0.5) is 13.2 Å². The van der Waals surface area contributed by atoms with Gasteiger partial charge in [-0.2, -0.15) is 13.2 Å². The largest absolute Gasteiger partial charge is 0.390 e. The van der Waals surface area contributed by atoms with E-state index < -0.39 is 12.6 Å². The van der Waals surface area contributed by atoms with E-state index in [1.807, 2.05) is 0 Å². The fraction of sp³-hybridized carbons (Fsp3) is 1.00. The molecule has 0 aromatic rings. The monoisotopic (exact) mass is 224 g/mol. The number of nitrogens with one attached hydrogen (secondary N) is 1. The van der Waals surface area contributed by atoms with Crippen LogP contribution in [0, 0.1) is 11.8 Å². The van der Waals surface area contributed by atoms with Gasteiger partial charge in [0.1, 0.15) is 0 Å². The average molecular weight is 224 g/mol. The molecule has 0 aliphatic carbocycles. The summed E-state index contributed by atoms with van der Waals surface area (Å²) in [6, 6.07) is 0. The summed E-state index contributed by atoms with van der Waals surface area (Å²) in [5.74, 6) is 1.06. The number of rotatable bonds is 4. The van der Waals surface area contributed by atoms with Crippen LogP contribution in [0.3, 0.4) is 0 Å². The molecule has 0 spiro atoms. The summed E-state index contributed by atoms with van der Waals surface area (Å²) >= 11 is 0. The van der Waals surface area contributed by atoms with Crippen LogP contribution >= 0.6 is 0 Å². The lowest BCUT2D eigenvalue weighted by atomic mass is 9.98. The molecule has 0 aromatic heterocycles. The van der Waals surface area contributed by atoms with Crippen LogP contribution in [0.15, 0.2) is 0 Å². The van der Waals surface area contributed by atoms with Crippen LogP contribution in [0.5, 0.6) is 0 Å². The topological polar surface area (TPSA) is 15.3 Å². The van der Waals surface area contributed by atoms with Crippen LogP contribution in [0.2, 0.25) is 0 Å². The Labute approximate surface area is 88.8 Å². The fourth-order valence-electron chi connectivity index (χ4n) is 1.92. The Morgan fingerprint density at radius 1 is 1.33 bits per heavy atom. The number of nitrogens with zero attached hydrogens (tertiary/aromatic N) is 1. The first-order valence-electron chi connectivity index (χ1n) is 5.34. The van der Waals surface area contributed by atoms with Crippen molar-refractivity contribution < 1.29 is 13.2 Å². The van der Waals surface area contributed by atoms with Crippen LogP contribution in [0.1, 0.15) is 13.3 Å². The molecule has 1 fully saturated rings. The maximum absolute atomic E-state index is 12.0. The van der Waals surface area contributed by atoms with Crippen LogP contribution in [0.25, 0.3) is 0 Å². The number of hydrogen-bond donors (Lipinski definition) is 1. The highest BCUT2D eigenvalue weighted by Gasteiger charge is 2.29. The van der Waals surface area contributed by atoms with Gasteiger partial charge in [-0.15, -0.1) is 0 Å². The summed E-state index contributed by atoms with van der Waals surface area (Å²) in [7, 11) is 1.76. The molecular weight excluding hydrogens is 205 g/mol. The molecule has 2 atom stereocenters. The highest BCUT2D eigenvalue weighted by atomic mass is 19.4. The molecule has 1 aliphatic rings. The van der Waals surface area contributed by atoms with Gasteiger partial charge in [0.05, 0.1) is 6.42 Å². The summed E-state index contributed by atoms with van der Waals surface area (Å²) in [4.78, 5) is 1.78. The van der Waals surface area contributed by atoms with Gasteiger partial charge in [0.2, 0.25) is 0 Å². The molecule has 1 N–H and O–H groups in total. The lowest BCUT2D eigenvalue weighted by molar-refractivity contribution is -0.137. The molecule has 0 aromatic carbocycles. The molecule has 1 rings (SSSR count). The second kappa shape index (κ2) is 5.16. The standard InChI is InChI=1S/C10H19F3N2/c1-8-5-14-6-9(8)7-15(2)4-3-10(11,12)13/h8-9,14H,3-7H2,1-2H3/t8-,9+/m1/s1. The minimum absolute atomic E-state index is 0.104. The van der Waals surface area contributed by atoms with Crippen molar-refractivity contribution in [2.45, 2.75) is 19.5 Å². The van der Waals surface area contributed by atoms with Gasteiger partial charge in [0, 0.05) is 13.1 Å². The minimum atomic E-state index is -4.03. The van der Waals surface area contributed by atoms with Crippen molar-refractivity contribution in [3.8, 4) is 0 Å². The summed E-state index contributed by atoms with van der Waals surface area (Å²) in [6.07, 6.45) is -4.74. The first-order valence-corrected chi connectivity index (χ1v) is 5.34. The van der Waals surface area contributed by atoms with Gasteiger partial charge in [0.25, 0.3) is 0 Å². The van der Waals surface area contributed by atoms with Crippen molar-refractivity contribution in [1.82, 2.24) is 10.2 Å². The zero-order valence-electron chi connectivity index (χ0n) is 9.27. The van der Waals surface area contributed by atoms with Crippen molar-refractivity contribution in [2.75, 3.05) is 33.2 Å². The molecule has 90 valence electrons. The lowest BCUT2D eigenvalue weighted by Gasteiger charge is -2.23. The van der Waals surface area contributed by atoms with Gasteiger partial charge in [-0.25, -0.2) is 0 Å². The number of alkyl halides is 3. The Balaban J connectivity index is 2.20. The highest BCUT2D eigenvalue weighted by molar-refractivity contribution is 4.80. The van der Waals surface area contributed by atoms with E-state index in [1.54, 1.807) is 11.9 Å². The van der Waals surface area contributed by atoms with Gasteiger partial charge in [0.15, 0.2) is 0 Å². The Kier molecular flexibility index (Phi) is 4.40. The van der Waals surface area contributed by atoms with E-state index >= 15 is 0 Å². The molecule has 0 unspecified atom stereocenters. The summed E-state index contributed by atoms with van der Waals surface area (Å²) in [5.41, 5.74) is 0. The van der Waals surface area contributed by atoms with Crippen LogP contribution in [-0.2, 0) is 0 Å². The van der Waals surface area contributed by atoms with Gasteiger partial charge < -0.3 is 10.2 Å². The highest BCUT2D eigenvalue weighted by Crippen LogP contribution is 2.21. The van der Waals surface area contributed by atoms with Gasteiger partial charge in [-0.3, -0.25) is 0 Å². The normalized spacial score (nSPS) is 27.6. The maximum Gasteiger partial charge on any atom is 0.390 e. The molecule has 2 nitrogen and oxygen atoms in total. The van der Waals surface area contributed by atoms with Gasteiger partial charge in [-0.05, 0) is 32.0 Å². The first kappa shape index (κ1) is 12.8. The molecule has 0 amide bonds. The Bertz CT molecular complexity index is 194. The zero-order valence-corrected chi connectivity index (χ0v) is 9.27. The van der Waals surface area contributed by atoms with Gasteiger partial charge in [-0.1, -0.05) is 6.92 Å². The molecule has 0 bridgehead atoms. The van der Waals surface area contributed by atoms with E-state index in [1.165, 1.54) is 0 Å². The quantitative estimate of drug-likeness (QED) is 0.782. The maximum atomic E-state index is 12.0. The molecular formula is C10H19F3N2. The molecule has 5 heteroatoms. The van der Waals surface area contributed by atoms with Crippen LogP contribution < -0.4 is 5.32 Å². The van der Waals surface area contributed by atoms with Gasteiger partial charge >= 0.3 is 6.18 Å². The van der Waals surface area contributed by atoms with Crippen molar-refractivity contribution in [1.29, 1.82) is 0 Å². The van der Waals surface area contributed by atoms with E-state index in [0.717, 1.165) is 19.6 Å². The molecule has 0 saturated carbocycles. The fourth-order valence-corrected chi connectivity index (χ4v) is 1.92. The van der Waals surface area contributed by atoms with E-state index in [0.29, 0.717) is 11.8 Å². The zero-order chi connectivity index (χ0) is 11.5. The first-order chi connectivity index (χ1) is 6.88. The smallest absolute Gasteiger partial charge is 0.316 e. The van der Waals surface area contributed by atoms with E-state index in [9.17, 15) is 13.2 Å². The molecule has 15 heavy (non-hydrogen) atoms. The predicted molar refractivity (Wildman–Crippen MR) is 53.7 cm³/mol. The van der Waals surface area contributed by atoms with Crippen molar-refractivity contribution in [3.63, 3.8) is 0 Å². The second-order valence-electron chi connectivity index (χ2n) is 4.52. The van der Waals surface area contributed by atoms with E-state index in [-0.39, 0.29) is 6.54 Å². The average Bonchev–Trinajstić information content (AvgIpc) is 2.47. The number of hydrogen-bond acceptors (Lipinski definition) is 2. The summed E-state index contributed by atoms with van der Waals surface area (Å²) in [6.45, 7) is 4.91. The second-order valence-corrected chi connectivity index (χ2v) is 4.52. The molecule has 0 radical (unpaired) electrons. The third kappa shape index (κ3) is 4.84. The Morgan fingerprint density at radius 2 is 2.00 bits per heavy atom. The van der Waals surface area contributed by atoms with Crippen LogP contribution in [-0.4, -0.2) is 44.3 Å². The molecule has 1 heterocycles. The van der Waals surface area contributed by atoms with Crippen molar-refractivity contribution >= 4 is 0 Å². The van der Waals surface area contributed by atoms with E-state index in [4.69, 9.17) is 0 Å². The Hall–Kier alpha value is -0.290. The Morgan fingerprint density at radius 3 is 2.47 bits per heavy atom. The SMILES string of the molecule is C[C@@H]1CNC[C@H]1CN(C)CCC(F)(F)F. The molecule has 1 saturated heterocycles. The van der Waals surface area contributed by atoms with Crippen molar-refractivity contribution in [2.24, 2.45) is 11.8 Å². The molecule has 1 aliphatic heterocycles. The lowest BCUT2D eigenvalue weighted by Crippen LogP contribution is -2.32. The third-order valence-electron chi connectivity index (χ3n) is 3.00. The summed E-state index contributed by atoms with van der Waals surface area (Å²) in [5, 5.41) is 3.25. The summed E-state index contributed by atoms with van der Waals surface area (Å²) < 4.78 is 35.9. The predicted octanol–water partition coefficient (Wildman–Crippen LogP) is 1.73. The number of halogens is 3. The van der Waals surface area contributed by atoms with E-state index in [2.05, 4.69) is 12.2 Å². The van der Waals surface area contributed by atoms with Crippen molar-refractivity contribution in [3.05, 3.63) is 0 Å². The minimum Gasteiger partial charge on any atom is -0.316 e.